The number of hydrogen-bond acceptors (Lipinski definition) is 1. The van der Waals surface area contributed by atoms with Crippen molar-refractivity contribution < 1.29 is 9.90 Å². The zero-order chi connectivity index (χ0) is 10.9. The predicted octanol–water partition coefficient (Wildman–Crippen LogP) is 2.59. The van der Waals surface area contributed by atoms with E-state index in [2.05, 4.69) is 27.4 Å². The van der Waals surface area contributed by atoms with Crippen molar-refractivity contribution in [3.05, 3.63) is 12.7 Å². The Morgan fingerprint density at radius 1 is 1.57 bits per heavy atom. The van der Waals surface area contributed by atoms with E-state index < -0.39 is 6.09 Å². The maximum Gasteiger partial charge on any atom is 0.407 e. The van der Waals surface area contributed by atoms with Gasteiger partial charge in [-0.15, -0.1) is 6.58 Å². The van der Waals surface area contributed by atoms with E-state index in [0.717, 1.165) is 6.42 Å². The molecular formula is C11H19NO2. The predicted molar refractivity (Wildman–Crippen MR) is 56.3 cm³/mol. The van der Waals surface area contributed by atoms with Crippen LogP contribution in [0.1, 0.15) is 27.2 Å². The van der Waals surface area contributed by atoms with E-state index in [-0.39, 0.29) is 11.5 Å². The summed E-state index contributed by atoms with van der Waals surface area (Å²) in [5.74, 6) is 0.297. The summed E-state index contributed by atoms with van der Waals surface area (Å²) in [6, 6.07) is 0.0671. The van der Waals surface area contributed by atoms with Crippen molar-refractivity contribution in [3.63, 3.8) is 0 Å². The lowest BCUT2D eigenvalue weighted by Crippen LogP contribution is -2.45. The van der Waals surface area contributed by atoms with Gasteiger partial charge in [0.15, 0.2) is 0 Å². The lowest BCUT2D eigenvalue weighted by Gasteiger charge is -2.36. The molecule has 0 aromatic rings. The van der Waals surface area contributed by atoms with E-state index in [1.807, 2.05) is 6.08 Å². The molecule has 0 bridgehead atoms. The van der Waals surface area contributed by atoms with Gasteiger partial charge in [0.05, 0.1) is 0 Å². The van der Waals surface area contributed by atoms with E-state index in [1.165, 1.54) is 0 Å². The van der Waals surface area contributed by atoms with Crippen LogP contribution in [0.4, 0.5) is 4.79 Å². The van der Waals surface area contributed by atoms with Gasteiger partial charge >= 0.3 is 6.09 Å². The molecule has 1 heterocycles. The van der Waals surface area contributed by atoms with Crippen molar-refractivity contribution in [1.82, 2.24) is 4.90 Å². The highest BCUT2D eigenvalue weighted by Crippen LogP contribution is 2.37. The summed E-state index contributed by atoms with van der Waals surface area (Å²) in [5.41, 5.74) is -0.0201. The third-order valence-corrected chi connectivity index (χ3v) is 2.88. The summed E-state index contributed by atoms with van der Waals surface area (Å²) in [5, 5.41) is 9.05. The van der Waals surface area contributed by atoms with Crippen LogP contribution in [0.3, 0.4) is 0 Å². The van der Waals surface area contributed by atoms with Crippen LogP contribution in [0.15, 0.2) is 12.7 Å². The molecule has 3 nitrogen and oxygen atoms in total. The molecule has 3 heteroatoms. The molecule has 1 amide bonds. The minimum Gasteiger partial charge on any atom is -0.465 e. The highest BCUT2D eigenvalue weighted by molar-refractivity contribution is 5.66. The van der Waals surface area contributed by atoms with Crippen LogP contribution in [-0.2, 0) is 0 Å². The molecule has 1 N–H and O–H groups in total. The number of nitrogens with zero attached hydrogens (tertiary/aromatic N) is 1. The third-order valence-electron chi connectivity index (χ3n) is 2.88. The Kier molecular flexibility index (Phi) is 2.88. The standard InChI is InChI=1S/C11H19NO2/c1-5-8-6-7-12(10(13)14)9(8)11(2,3)4/h5,8-9H,1,6-7H2,2-4H3,(H,13,14). The first-order valence-corrected chi connectivity index (χ1v) is 5.00. The van der Waals surface area contributed by atoms with Gasteiger partial charge in [0.2, 0.25) is 0 Å². The Bertz CT molecular complexity index is 242. The average Bonchev–Trinajstić information content (AvgIpc) is 2.45. The number of carboxylic acid groups (broad SMARTS) is 1. The quantitative estimate of drug-likeness (QED) is 0.656. The second-order valence-electron chi connectivity index (χ2n) is 4.98. The summed E-state index contributed by atoms with van der Waals surface area (Å²) < 4.78 is 0. The molecule has 1 aliphatic rings. The van der Waals surface area contributed by atoms with Gasteiger partial charge in [0.1, 0.15) is 0 Å². The van der Waals surface area contributed by atoms with Crippen molar-refractivity contribution in [3.8, 4) is 0 Å². The first-order chi connectivity index (χ1) is 6.38. The van der Waals surface area contributed by atoms with Crippen LogP contribution in [0.2, 0.25) is 0 Å². The molecule has 14 heavy (non-hydrogen) atoms. The summed E-state index contributed by atoms with van der Waals surface area (Å²) in [6.07, 6.45) is 1.98. The first kappa shape index (κ1) is 11.1. The van der Waals surface area contributed by atoms with Gasteiger partial charge in [-0.3, -0.25) is 0 Å². The molecule has 1 saturated heterocycles. The molecular weight excluding hydrogens is 178 g/mol. The molecule has 0 aromatic heterocycles. The Hall–Kier alpha value is -0.990. The highest BCUT2D eigenvalue weighted by Gasteiger charge is 2.42. The van der Waals surface area contributed by atoms with Crippen LogP contribution < -0.4 is 0 Å². The van der Waals surface area contributed by atoms with Crippen LogP contribution in [0, 0.1) is 11.3 Å². The normalized spacial score (nSPS) is 27.8. The van der Waals surface area contributed by atoms with Crippen molar-refractivity contribution in [2.45, 2.75) is 33.2 Å². The number of amides is 1. The fourth-order valence-electron chi connectivity index (χ4n) is 2.39. The maximum absolute atomic E-state index is 11.0. The van der Waals surface area contributed by atoms with Gasteiger partial charge in [0, 0.05) is 12.6 Å². The highest BCUT2D eigenvalue weighted by atomic mass is 16.4. The Morgan fingerprint density at radius 2 is 2.14 bits per heavy atom. The van der Waals surface area contributed by atoms with Crippen LogP contribution >= 0.6 is 0 Å². The molecule has 0 saturated carbocycles. The minimum atomic E-state index is -0.811. The summed E-state index contributed by atoms with van der Waals surface area (Å²) in [7, 11) is 0. The molecule has 0 aromatic carbocycles. The number of likely N-dealkylation sites (tertiary alicyclic amines) is 1. The van der Waals surface area contributed by atoms with Gasteiger partial charge in [-0.25, -0.2) is 4.79 Å². The lowest BCUT2D eigenvalue weighted by molar-refractivity contribution is 0.0978. The molecule has 80 valence electrons. The molecule has 1 fully saturated rings. The van der Waals surface area contributed by atoms with Gasteiger partial charge in [-0.1, -0.05) is 26.8 Å². The summed E-state index contributed by atoms with van der Waals surface area (Å²) >= 11 is 0. The maximum atomic E-state index is 11.0. The van der Waals surface area contributed by atoms with Gasteiger partial charge in [-0.2, -0.15) is 0 Å². The fraction of sp³-hybridized carbons (Fsp3) is 0.727. The van der Waals surface area contributed by atoms with Gasteiger partial charge in [-0.05, 0) is 17.8 Å². The average molecular weight is 197 g/mol. The molecule has 0 radical (unpaired) electrons. The largest absolute Gasteiger partial charge is 0.465 e. The Morgan fingerprint density at radius 3 is 2.50 bits per heavy atom. The minimum absolute atomic E-state index is 0.0201. The molecule has 1 aliphatic heterocycles. The molecule has 0 aliphatic carbocycles. The SMILES string of the molecule is C=CC1CCN(C(=O)O)C1C(C)(C)C. The fourth-order valence-corrected chi connectivity index (χ4v) is 2.39. The van der Waals surface area contributed by atoms with E-state index in [1.54, 1.807) is 4.90 Å². The third kappa shape index (κ3) is 1.91. The monoisotopic (exact) mass is 197 g/mol. The van der Waals surface area contributed by atoms with Crippen molar-refractivity contribution in [2.24, 2.45) is 11.3 Å². The molecule has 2 atom stereocenters. The lowest BCUT2D eigenvalue weighted by atomic mass is 9.79. The number of rotatable bonds is 1. The van der Waals surface area contributed by atoms with Crippen molar-refractivity contribution in [2.75, 3.05) is 6.54 Å². The van der Waals surface area contributed by atoms with E-state index in [9.17, 15) is 4.79 Å². The van der Waals surface area contributed by atoms with Crippen LogP contribution in [0.5, 0.6) is 0 Å². The summed E-state index contributed by atoms with van der Waals surface area (Å²) in [4.78, 5) is 12.6. The topological polar surface area (TPSA) is 40.5 Å². The Labute approximate surface area is 85.4 Å². The number of carbonyl (C=O) groups is 1. The summed E-state index contributed by atoms with van der Waals surface area (Å²) in [6.45, 7) is 10.6. The van der Waals surface area contributed by atoms with E-state index in [4.69, 9.17) is 5.11 Å². The smallest absolute Gasteiger partial charge is 0.407 e. The molecule has 0 spiro atoms. The number of hydrogen-bond donors (Lipinski definition) is 1. The first-order valence-electron chi connectivity index (χ1n) is 5.00. The van der Waals surface area contributed by atoms with Crippen molar-refractivity contribution in [1.29, 1.82) is 0 Å². The second kappa shape index (κ2) is 3.64. The van der Waals surface area contributed by atoms with E-state index >= 15 is 0 Å². The van der Waals surface area contributed by atoms with Gasteiger partial charge in [0.25, 0.3) is 0 Å². The molecule has 1 rings (SSSR count). The zero-order valence-electron chi connectivity index (χ0n) is 9.16. The van der Waals surface area contributed by atoms with Crippen LogP contribution in [-0.4, -0.2) is 28.7 Å². The van der Waals surface area contributed by atoms with Crippen molar-refractivity contribution >= 4 is 6.09 Å². The molecule has 2 unspecified atom stereocenters. The van der Waals surface area contributed by atoms with E-state index in [0.29, 0.717) is 12.5 Å². The Balaban J connectivity index is 2.91. The zero-order valence-corrected chi connectivity index (χ0v) is 9.16. The van der Waals surface area contributed by atoms with Crippen LogP contribution in [0.25, 0.3) is 0 Å². The second-order valence-corrected chi connectivity index (χ2v) is 4.98. The van der Waals surface area contributed by atoms with Gasteiger partial charge < -0.3 is 10.0 Å².